The summed E-state index contributed by atoms with van der Waals surface area (Å²) in [5.41, 5.74) is 1.58. The molecule has 3 aromatic rings. The van der Waals surface area contributed by atoms with Crippen molar-refractivity contribution in [3.8, 4) is 17.2 Å². The van der Waals surface area contributed by atoms with Gasteiger partial charge in [-0.25, -0.2) is 0 Å². The summed E-state index contributed by atoms with van der Waals surface area (Å²) in [7, 11) is 7.20. The summed E-state index contributed by atoms with van der Waals surface area (Å²) in [5.74, 6) is 2.50. The Morgan fingerprint density at radius 3 is 2.60 bits per heavy atom. The number of anilines is 3. The van der Waals surface area contributed by atoms with Gasteiger partial charge in [-0.2, -0.15) is 4.98 Å². The molecular weight excluding hydrogens is 535 g/mol. The summed E-state index contributed by atoms with van der Waals surface area (Å²) in [5, 5.41) is 24.5. The van der Waals surface area contributed by atoms with Gasteiger partial charge < -0.3 is 30.5 Å². The number of nitrogens with zero attached hydrogens (tertiary/aromatic N) is 5. The summed E-state index contributed by atoms with van der Waals surface area (Å²) >= 11 is 0. The number of para-hydroxylation sites is 1. The molecule has 3 aliphatic rings. The molecule has 42 heavy (non-hydrogen) atoms. The predicted octanol–water partition coefficient (Wildman–Crippen LogP) is -1.48. The number of ether oxygens (including phenoxy) is 1. The Bertz CT molecular complexity index is 1480. The highest BCUT2D eigenvalue weighted by Crippen LogP contribution is 2.38. The molecule has 2 aliphatic heterocycles. The number of fused-ring (bicyclic) bond motifs is 1. The van der Waals surface area contributed by atoms with Crippen molar-refractivity contribution in [2.75, 3.05) is 43.9 Å². The third-order valence-electron chi connectivity index (χ3n) is 7.71. The van der Waals surface area contributed by atoms with Gasteiger partial charge in [0.15, 0.2) is 23.1 Å². The quantitative estimate of drug-likeness (QED) is 0.211. The molecule has 1 saturated carbocycles. The number of hydrogen-bond acceptors (Lipinski definition) is 11. The summed E-state index contributed by atoms with van der Waals surface area (Å²) in [4.78, 5) is 32.6. The number of amides is 2. The van der Waals surface area contributed by atoms with E-state index < -0.39 is 11.1 Å². The highest BCUT2D eigenvalue weighted by Gasteiger charge is 2.36. The molecule has 13 nitrogen and oxygen atoms in total. The molecule has 2 saturated heterocycles. The Hall–Kier alpha value is -3.91. The van der Waals surface area contributed by atoms with Crippen LogP contribution in [0.1, 0.15) is 29.2 Å². The molecule has 2 amide bonds. The second-order valence-corrected chi connectivity index (χ2v) is 12.4. The van der Waals surface area contributed by atoms with E-state index in [2.05, 4.69) is 46.5 Å². The van der Waals surface area contributed by atoms with Gasteiger partial charge in [0.1, 0.15) is 23.5 Å². The fourth-order valence-corrected chi connectivity index (χ4v) is 5.57. The predicted molar refractivity (Wildman–Crippen MR) is 164 cm³/mol. The van der Waals surface area contributed by atoms with Gasteiger partial charge in [0.25, 0.3) is 11.8 Å². The number of carbonyl (C=O) groups is 2. The molecule has 4 heterocycles. The Balaban J connectivity index is 1.26. The first-order chi connectivity index (χ1) is 20.2. The van der Waals surface area contributed by atoms with Crippen molar-refractivity contribution in [3.63, 3.8) is 0 Å². The van der Waals surface area contributed by atoms with Crippen molar-refractivity contribution in [2.24, 2.45) is 17.8 Å². The molecule has 0 radical (unpaired) electrons. The molecule has 216 valence electrons. The highest BCUT2D eigenvalue weighted by molar-refractivity contribution is 6.60. The zero-order valence-corrected chi connectivity index (χ0v) is 24.4. The molecule has 0 bridgehead atoms. The van der Waals surface area contributed by atoms with Crippen LogP contribution in [0.15, 0.2) is 28.8 Å². The fraction of sp³-hybridized carbons (Fsp3) is 0.462. The number of benzene rings is 1. The summed E-state index contributed by atoms with van der Waals surface area (Å²) in [6.07, 6.45) is 1.71. The van der Waals surface area contributed by atoms with Crippen molar-refractivity contribution in [2.45, 2.75) is 24.6 Å². The lowest BCUT2D eigenvalue weighted by molar-refractivity contribution is -0.117. The Morgan fingerprint density at radius 1 is 1.14 bits per heavy atom. The van der Waals surface area contributed by atoms with Crippen LogP contribution >= 0.6 is 0 Å². The van der Waals surface area contributed by atoms with Gasteiger partial charge in [-0.05, 0) is 55.1 Å². The van der Waals surface area contributed by atoms with Gasteiger partial charge >= 0.3 is 0 Å². The SMILES string of the molecule is BC(B)(B)NC(=O)c1nnc(NC(=O)C2CC2)cc1Nc1cccc(-c2nc(CN3CC4CNCC4C3)no2)c1OC. The van der Waals surface area contributed by atoms with Crippen molar-refractivity contribution in [1.82, 2.24) is 35.9 Å². The molecule has 6 rings (SSSR count). The number of methoxy groups -OCH3 is 1. The summed E-state index contributed by atoms with van der Waals surface area (Å²) < 4.78 is 11.5. The summed E-state index contributed by atoms with van der Waals surface area (Å²) in [6, 6.07) is 7.08. The normalized spacial score (nSPS) is 20.2. The maximum Gasteiger partial charge on any atom is 0.272 e. The van der Waals surface area contributed by atoms with Crippen LogP contribution in [-0.4, -0.2) is 99.1 Å². The molecule has 1 aliphatic carbocycles. The Morgan fingerprint density at radius 2 is 1.90 bits per heavy atom. The van der Waals surface area contributed by atoms with Crippen LogP contribution in [0.5, 0.6) is 5.75 Å². The van der Waals surface area contributed by atoms with Crippen LogP contribution < -0.4 is 26.0 Å². The maximum atomic E-state index is 13.2. The van der Waals surface area contributed by atoms with E-state index in [0.717, 1.165) is 39.0 Å². The lowest BCUT2D eigenvalue weighted by Gasteiger charge is -2.21. The van der Waals surface area contributed by atoms with E-state index >= 15 is 0 Å². The summed E-state index contributed by atoms with van der Waals surface area (Å²) in [6.45, 7) is 4.81. The fourth-order valence-electron chi connectivity index (χ4n) is 5.57. The third kappa shape index (κ3) is 6.29. The Labute approximate surface area is 246 Å². The maximum absolute atomic E-state index is 13.2. The first-order valence-corrected chi connectivity index (χ1v) is 14.4. The standard InChI is InChI=1S/C26H34B3N9O4/c1-41-22-16(25-33-20(37-42-25)12-38-10-14-8-30-9-15(14)11-38)3-2-4-17(22)31-18-7-19(32-23(39)13-5-6-13)35-36-21(18)24(40)34-26(27,28)29/h2-4,7,13-15,30H,5-6,8-12,27-29H2,1H3,(H,34,40)(H2,31,32,35,39). The molecule has 16 heteroatoms. The number of likely N-dealkylation sites (tertiary alicyclic amines) is 1. The largest absolute Gasteiger partial charge is 0.494 e. The third-order valence-corrected chi connectivity index (χ3v) is 7.71. The minimum Gasteiger partial charge on any atom is -0.494 e. The van der Waals surface area contributed by atoms with Gasteiger partial charge in [-0.15, -0.1) is 10.2 Å². The molecule has 2 aromatic heterocycles. The van der Waals surface area contributed by atoms with Crippen LogP contribution in [-0.2, 0) is 11.3 Å². The van der Waals surface area contributed by atoms with E-state index in [0.29, 0.717) is 52.8 Å². The molecular formula is C26H34B3N9O4. The van der Waals surface area contributed by atoms with Gasteiger partial charge in [0.2, 0.25) is 5.91 Å². The van der Waals surface area contributed by atoms with E-state index in [4.69, 9.17) is 9.26 Å². The number of aromatic nitrogens is 4. The van der Waals surface area contributed by atoms with Crippen molar-refractivity contribution in [1.29, 1.82) is 0 Å². The molecule has 2 atom stereocenters. The van der Waals surface area contributed by atoms with Gasteiger partial charge in [-0.1, -0.05) is 11.2 Å². The first kappa shape index (κ1) is 28.2. The van der Waals surface area contributed by atoms with Crippen molar-refractivity contribution in [3.05, 3.63) is 35.8 Å². The van der Waals surface area contributed by atoms with Gasteiger partial charge in [0.05, 0.1) is 30.6 Å². The second-order valence-electron chi connectivity index (χ2n) is 12.4. The smallest absolute Gasteiger partial charge is 0.272 e. The van der Waals surface area contributed by atoms with Crippen LogP contribution in [0, 0.1) is 17.8 Å². The van der Waals surface area contributed by atoms with E-state index in [9.17, 15) is 9.59 Å². The molecule has 4 N–H and O–H groups in total. The number of nitrogens with one attached hydrogen (secondary N) is 4. The Kier molecular flexibility index (Phi) is 7.66. The van der Waals surface area contributed by atoms with E-state index in [1.54, 1.807) is 13.2 Å². The van der Waals surface area contributed by atoms with Crippen LogP contribution in [0.4, 0.5) is 17.2 Å². The highest BCUT2D eigenvalue weighted by atomic mass is 16.5. The lowest BCUT2D eigenvalue weighted by atomic mass is 9.49. The van der Waals surface area contributed by atoms with Crippen LogP contribution in [0.3, 0.4) is 0 Å². The zero-order chi connectivity index (χ0) is 29.4. The average molecular weight is 569 g/mol. The number of carbonyl (C=O) groups excluding carboxylic acids is 2. The monoisotopic (exact) mass is 569 g/mol. The molecule has 2 unspecified atom stereocenters. The topological polar surface area (TPSA) is 159 Å². The zero-order valence-electron chi connectivity index (χ0n) is 24.4. The number of rotatable bonds is 10. The van der Waals surface area contributed by atoms with Crippen molar-refractivity contribution >= 4 is 52.5 Å². The van der Waals surface area contributed by atoms with E-state index in [-0.39, 0.29) is 23.3 Å². The van der Waals surface area contributed by atoms with E-state index in [1.807, 2.05) is 41.7 Å². The van der Waals surface area contributed by atoms with E-state index in [1.165, 1.54) is 0 Å². The lowest BCUT2D eigenvalue weighted by Crippen LogP contribution is -2.50. The van der Waals surface area contributed by atoms with Gasteiger partial charge in [-0.3, -0.25) is 14.5 Å². The first-order valence-electron chi connectivity index (χ1n) is 14.4. The second kappa shape index (κ2) is 11.4. The minimum atomic E-state index is -0.493. The molecule has 0 spiro atoms. The van der Waals surface area contributed by atoms with Crippen molar-refractivity contribution < 1.29 is 18.8 Å². The molecule has 1 aromatic carbocycles. The van der Waals surface area contributed by atoms with Gasteiger partial charge in [0, 0.05) is 25.1 Å². The average Bonchev–Trinajstić information content (AvgIpc) is 3.35. The molecule has 3 fully saturated rings. The van der Waals surface area contributed by atoms with Crippen LogP contribution in [0.2, 0.25) is 0 Å². The number of hydrogen-bond donors (Lipinski definition) is 4. The minimum absolute atomic E-state index is 0.00902. The van der Waals surface area contributed by atoms with Crippen LogP contribution in [0.25, 0.3) is 11.5 Å².